The molecule has 1 aromatic carbocycles. The minimum Gasteiger partial charge on any atom is -0.312 e. The van der Waals surface area contributed by atoms with Gasteiger partial charge in [-0.05, 0) is 30.3 Å². The van der Waals surface area contributed by atoms with Gasteiger partial charge in [-0.2, -0.15) is 0 Å². The molecule has 2 heterocycles. The van der Waals surface area contributed by atoms with Crippen molar-refractivity contribution < 1.29 is 9.59 Å². The number of nitrogens with zero attached hydrogens (tertiary/aromatic N) is 2. The minimum atomic E-state index is -0.432. The highest BCUT2D eigenvalue weighted by molar-refractivity contribution is 6.31. The Morgan fingerprint density at radius 2 is 2.04 bits per heavy atom. The van der Waals surface area contributed by atoms with Crippen molar-refractivity contribution in [2.75, 3.05) is 16.8 Å². The molecule has 1 aliphatic heterocycles. The quantitative estimate of drug-likeness (QED) is 0.923. The van der Waals surface area contributed by atoms with E-state index in [2.05, 4.69) is 10.3 Å². The zero-order valence-corrected chi connectivity index (χ0v) is 13.5. The van der Waals surface area contributed by atoms with Crippen molar-refractivity contribution in [1.82, 2.24) is 4.98 Å². The topological polar surface area (TPSA) is 62.3 Å². The van der Waals surface area contributed by atoms with E-state index >= 15 is 0 Å². The van der Waals surface area contributed by atoms with E-state index in [1.165, 1.54) is 6.20 Å². The van der Waals surface area contributed by atoms with Gasteiger partial charge in [-0.1, -0.05) is 29.3 Å². The Balaban J connectivity index is 1.69. The summed E-state index contributed by atoms with van der Waals surface area (Å²) >= 11 is 11.7. The largest absolute Gasteiger partial charge is 0.312 e. The molecular formula is C16H13Cl2N3O2. The lowest BCUT2D eigenvalue weighted by molar-refractivity contribution is -0.122. The van der Waals surface area contributed by atoms with Gasteiger partial charge in [0.25, 0.3) is 0 Å². The average Bonchev–Trinajstić information content (AvgIpc) is 2.92. The predicted octanol–water partition coefficient (Wildman–Crippen LogP) is 3.38. The molecule has 1 atom stereocenters. The third kappa shape index (κ3) is 3.63. The third-order valence-electron chi connectivity index (χ3n) is 3.59. The standard InChI is InChI=1S/C16H13Cl2N3O2/c17-11-2-1-3-13(7-11)21-9-10(6-15(21)22)16(23)20-14-5-4-12(18)8-19-14/h1-5,7-8,10H,6,9H2,(H,19,20,23). The third-order valence-corrected chi connectivity index (χ3v) is 4.05. The first-order valence-electron chi connectivity index (χ1n) is 7.01. The van der Waals surface area contributed by atoms with Crippen LogP contribution < -0.4 is 10.2 Å². The number of hydrogen-bond donors (Lipinski definition) is 1. The Kier molecular flexibility index (Phi) is 4.50. The summed E-state index contributed by atoms with van der Waals surface area (Å²) in [6.45, 7) is 0.318. The molecule has 23 heavy (non-hydrogen) atoms. The lowest BCUT2D eigenvalue weighted by Crippen LogP contribution is -2.28. The summed E-state index contributed by atoms with van der Waals surface area (Å²) in [6.07, 6.45) is 1.61. The van der Waals surface area contributed by atoms with Crippen LogP contribution in [0.4, 0.5) is 11.5 Å². The fourth-order valence-electron chi connectivity index (χ4n) is 2.45. The van der Waals surface area contributed by atoms with E-state index in [1.54, 1.807) is 41.3 Å². The lowest BCUT2D eigenvalue weighted by Gasteiger charge is -2.16. The van der Waals surface area contributed by atoms with Crippen LogP contribution in [0.25, 0.3) is 0 Å². The summed E-state index contributed by atoms with van der Waals surface area (Å²) in [5.41, 5.74) is 0.697. The molecule has 0 radical (unpaired) electrons. The van der Waals surface area contributed by atoms with Crippen LogP contribution in [0.2, 0.25) is 10.0 Å². The van der Waals surface area contributed by atoms with Crippen molar-refractivity contribution in [2.45, 2.75) is 6.42 Å². The Bertz CT molecular complexity index is 749. The molecule has 3 rings (SSSR count). The van der Waals surface area contributed by atoms with Gasteiger partial charge in [0.2, 0.25) is 11.8 Å². The van der Waals surface area contributed by atoms with Crippen LogP contribution in [0.1, 0.15) is 6.42 Å². The van der Waals surface area contributed by atoms with E-state index < -0.39 is 5.92 Å². The second kappa shape index (κ2) is 6.56. The zero-order valence-electron chi connectivity index (χ0n) is 12.0. The Hall–Kier alpha value is -2.11. The molecule has 0 aliphatic carbocycles. The van der Waals surface area contributed by atoms with Crippen LogP contribution in [0.3, 0.4) is 0 Å². The summed E-state index contributed by atoms with van der Waals surface area (Å²) in [5.74, 6) is -0.360. The van der Waals surface area contributed by atoms with Crippen LogP contribution >= 0.6 is 23.2 Å². The minimum absolute atomic E-state index is 0.100. The number of rotatable bonds is 3. The number of aromatic nitrogens is 1. The summed E-state index contributed by atoms with van der Waals surface area (Å²) in [5, 5.41) is 3.74. The van der Waals surface area contributed by atoms with Gasteiger partial charge in [0.15, 0.2) is 0 Å². The molecule has 118 valence electrons. The second-order valence-corrected chi connectivity index (χ2v) is 6.11. The first kappa shape index (κ1) is 15.8. The molecule has 0 bridgehead atoms. The highest BCUT2D eigenvalue weighted by atomic mass is 35.5. The second-order valence-electron chi connectivity index (χ2n) is 5.24. The van der Waals surface area contributed by atoms with Crippen LogP contribution in [-0.4, -0.2) is 23.3 Å². The molecule has 1 aromatic heterocycles. The van der Waals surface area contributed by atoms with Crippen LogP contribution in [0.5, 0.6) is 0 Å². The number of hydrogen-bond acceptors (Lipinski definition) is 3. The number of amides is 2. The van der Waals surface area contributed by atoms with Crippen LogP contribution in [0.15, 0.2) is 42.6 Å². The molecule has 2 aromatic rings. The first-order valence-corrected chi connectivity index (χ1v) is 7.77. The van der Waals surface area contributed by atoms with Crippen molar-refractivity contribution >= 4 is 46.5 Å². The molecule has 1 saturated heterocycles. The predicted molar refractivity (Wildman–Crippen MR) is 89.8 cm³/mol. The van der Waals surface area contributed by atoms with Gasteiger partial charge in [-0.25, -0.2) is 4.98 Å². The van der Waals surface area contributed by atoms with E-state index in [4.69, 9.17) is 23.2 Å². The van der Waals surface area contributed by atoms with Crippen molar-refractivity contribution in [3.8, 4) is 0 Å². The number of nitrogens with one attached hydrogen (secondary N) is 1. The van der Waals surface area contributed by atoms with E-state index in [-0.39, 0.29) is 18.2 Å². The summed E-state index contributed by atoms with van der Waals surface area (Å²) in [6, 6.07) is 10.3. The SMILES string of the molecule is O=C(Nc1ccc(Cl)cn1)C1CC(=O)N(c2cccc(Cl)c2)C1. The van der Waals surface area contributed by atoms with Crippen LogP contribution in [-0.2, 0) is 9.59 Å². The van der Waals surface area contributed by atoms with Crippen molar-refractivity contribution in [2.24, 2.45) is 5.92 Å². The molecule has 1 aliphatic rings. The van der Waals surface area contributed by atoms with Gasteiger partial charge in [0.1, 0.15) is 5.82 Å². The molecule has 5 nitrogen and oxygen atoms in total. The van der Waals surface area contributed by atoms with E-state index in [0.717, 1.165) is 0 Å². The zero-order chi connectivity index (χ0) is 16.4. The molecular weight excluding hydrogens is 337 g/mol. The van der Waals surface area contributed by atoms with Gasteiger partial charge in [0.05, 0.1) is 10.9 Å². The Morgan fingerprint density at radius 1 is 1.22 bits per heavy atom. The molecule has 7 heteroatoms. The highest BCUT2D eigenvalue weighted by Gasteiger charge is 2.35. The van der Waals surface area contributed by atoms with Gasteiger partial charge < -0.3 is 10.2 Å². The van der Waals surface area contributed by atoms with E-state index in [1.807, 2.05) is 0 Å². The van der Waals surface area contributed by atoms with Crippen molar-refractivity contribution in [1.29, 1.82) is 0 Å². The average molecular weight is 350 g/mol. The number of halogens is 2. The summed E-state index contributed by atoms with van der Waals surface area (Å²) in [7, 11) is 0. The molecule has 2 amide bonds. The maximum Gasteiger partial charge on any atom is 0.230 e. The van der Waals surface area contributed by atoms with Gasteiger partial charge in [0, 0.05) is 29.9 Å². The van der Waals surface area contributed by atoms with Crippen molar-refractivity contribution in [3.05, 3.63) is 52.6 Å². The van der Waals surface area contributed by atoms with Gasteiger partial charge >= 0.3 is 0 Å². The summed E-state index contributed by atoms with van der Waals surface area (Å²) < 4.78 is 0. The van der Waals surface area contributed by atoms with E-state index in [0.29, 0.717) is 28.1 Å². The monoisotopic (exact) mass is 349 g/mol. The lowest BCUT2D eigenvalue weighted by atomic mass is 10.1. The smallest absolute Gasteiger partial charge is 0.230 e. The first-order chi connectivity index (χ1) is 11.0. The fraction of sp³-hybridized carbons (Fsp3) is 0.188. The number of pyridine rings is 1. The van der Waals surface area contributed by atoms with Crippen LogP contribution in [0, 0.1) is 5.92 Å². The Morgan fingerprint density at radius 3 is 2.74 bits per heavy atom. The molecule has 0 saturated carbocycles. The number of carbonyl (C=O) groups is 2. The molecule has 1 fully saturated rings. The van der Waals surface area contributed by atoms with E-state index in [9.17, 15) is 9.59 Å². The number of benzene rings is 1. The Labute approximate surface area is 143 Å². The normalized spacial score (nSPS) is 17.4. The highest BCUT2D eigenvalue weighted by Crippen LogP contribution is 2.27. The molecule has 0 spiro atoms. The summed E-state index contributed by atoms with van der Waals surface area (Å²) in [4.78, 5) is 30.1. The number of carbonyl (C=O) groups excluding carboxylic acids is 2. The maximum atomic E-state index is 12.3. The van der Waals surface area contributed by atoms with Crippen molar-refractivity contribution in [3.63, 3.8) is 0 Å². The molecule has 1 unspecified atom stereocenters. The maximum absolute atomic E-state index is 12.3. The van der Waals surface area contributed by atoms with Gasteiger partial charge in [-0.3, -0.25) is 9.59 Å². The number of anilines is 2. The molecule has 1 N–H and O–H groups in total. The van der Waals surface area contributed by atoms with Gasteiger partial charge in [-0.15, -0.1) is 0 Å². The fourth-order valence-corrected chi connectivity index (χ4v) is 2.75.